The molecule has 1 atom stereocenters. The predicted octanol–water partition coefficient (Wildman–Crippen LogP) is 2.23. The molecule has 0 aliphatic rings. The summed E-state index contributed by atoms with van der Waals surface area (Å²) in [6.45, 7) is 4.83. The molecule has 1 aromatic rings. The molecule has 0 amide bonds. The van der Waals surface area contributed by atoms with Crippen molar-refractivity contribution in [3.8, 4) is 11.8 Å². The van der Waals surface area contributed by atoms with Crippen molar-refractivity contribution in [1.29, 1.82) is 0 Å². The van der Waals surface area contributed by atoms with Gasteiger partial charge in [0.05, 0.1) is 6.54 Å². The van der Waals surface area contributed by atoms with E-state index in [1.165, 1.54) is 5.56 Å². The Morgan fingerprint density at radius 1 is 1.29 bits per heavy atom. The molecule has 14 heavy (non-hydrogen) atoms. The first-order valence-corrected chi connectivity index (χ1v) is 5.00. The van der Waals surface area contributed by atoms with Crippen LogP contribution in [0.4, 0.5) is 0 Å². The van der Waals surface area contributed by atoms with Crippen LogP contribution in [0.1, 0.15) is 19.4 Å². The molecule has 0 fully saturated rings. The molecule has 0 aliphatic carbocycles. The van der Waals surface area contributed by atoms with Crippen molar-refractivity contribution >= 4 is 0 Å². The average Bonchev–Trinajstić information content (AvgIpc) is 2.20. The maximum absolute atomic E-state index is 3.36. The molecular weight excluding hydrogens is 170 g/mol. The van der Waals surface area contributed by atoms with E-state index in [0.29, 0.717) is 6.04 Å². The van der Waals surface area contributed by atoms with Crippen molar-refractivity contribution in [3.63, 3.8) is 0 Å². The Balaban J connectivity index is 2.33. The second-order valence-electron chi connectivity index (χ2n) is 3.40. The number of hydrogen-bond donors (Lipinski definition) is 1. The van der Waals surface area contributed by atoms with Crippen molar-refractivity contribution in [1.82, 2.24) is 5.32 Å². The molecule has 0 radical (unpaired) electrons. The summed E-state index contributed by atoms with van der Waals surface area (Å²) in [5.41, 5.74) is 1.37. The van der Waals surface area contributed by atoms with Gasteiger partial charge in [-0.15, -0.1) is 5.92 Å². The summed E-state index contributed by atoms with van der Waals surface area (Å²) in [6.07, 6.45) is 1.06. The Kier molecular flexibility index (Phi) is 4.82. The average molecular weight is 187 g/mol. The summed E-state index contributed by atoms with van der Waals surface area (Å²) in [7, 11) is 0. The molecule has 1 aromatic carbocycles. The van der Waals surface area contributed by atoms with Gasteiger partial charge in [0.1, 0.15) is 0 Å². The molecule has 0 aromatic heterocycles. The Morgan fingerprint density at radius 2 is 2.00 bits per heavy atom. The van der Waals surface area contributed by atoms with Crippen LogP contribution in [0.3, 0.4) is 0 Å². The molecule has 1 N–H and O–H groups in total. The van der Waals surface area contributed by atoms with Crippen LogP contribution in [0.15, 0.2) is 30.3 Å². The summed E-state index contributed by atoms with van der Waals surface area (Å²) in [5, 5.41) is 3.36. The minimum Gasteiger partial charge on any atom is -0.303 e. The lowest BCUT2D eigenvalue weighted by Crippen LogP contribution is -2.28. The number of nitrogens with one attached hydrogen (secondary N) is 1. The van der Waals surface area contributed by atoms with Gasteiger partial charge in [0.15, 0.2) is 0 Å². The highest BCUT2D eigenvalue weighted by molar-refractivity contribution is 5.15. The van der Waals surface area contributed by atoms with E-state index in [2.05, 4.69) is 48.3 Å². The molecule has 74 valence electrons. The maximum Gasteiger partial charge on any atom is 0.0578 e. The van der Waals surface area contributed by atoms with Gasteiger partial charge in [-0.3, -0.25) is 0 Å². The Hall–Kier alpha value is -1.26. The second-order valence-corrected chi connectivity index (χ2v) is 3.40. The van der Waals surface area contributed by atoms with Gasteiger partial charge >= 0.3 is 0 Å². The number of rotatable bonds is 4. The van der Waals surface area contributed by atoms with Crippen LogP contribution in [0.2, 0.25) is 0 Å². The predicted molar refractivity (Wildman–Crippen MR) is 61.1 cm³/mol. The lowest BCUT2D eigenvalue weighted by molar-refractivity contribution is 0.585. The topological polar surface area (TPSA) is 12.0 Å². The zero-order valence-corrected chi connectivity index (χ0v) is 8.88. The monoisotopic (exact) mass is 187 g/mol. The fourth-order valence-corrected chi connectivity index (χ4v) is 1.35. The van der Waals surface area contributed by atoms with E-state index in [4.69, 9.17) is 0 Å². The molecule has 1 nitrogen and oxygen atoms in total. The van der Waals surface area contributed by atoms with Gasteiger partial charge in [-0.2, -0.15) is 0 Å². The maximum atomic E-state index is 3.36. The van der Waals surface area contributed by atoms with Gasteiger partial charge in [0, 0.05) is 6.04 Å². The van der Waals surface area contributed by atoms with Crippen molar-refractivity contribution in [2.75, 3.05) is 6.54 Å². The first kappa shape index (κ1) is 10.8. The van der Waals surface area contributed by atoms with Crippen LogP contribution < -0.4 is 5.32 Å². The summed E-state index contributed by atoms with van der Waals surface area (Å²) >= 11 is 0. The van der Waals surface area contributed by atoms with Crippen molar-refractivity contribution in [2.24, 2.45) is 0 Å². The van der Waals surface area contributed by atoms with Crippen LogP contribution in [0, 0.1) is 11.8 Å². The highest BCUT2D eigenvalue weighted by Gasteiger charge is 2.00. The highest BCUT2D eigenvalue weighted by Crippen LogP contribution is 2.02. The Labute approximate surface area is 86.5 Å². The minimum absolute atomic E-state index is 0.484. The first-order chi connectivity index (χ1) is 6.83. The molecular formula is C13H17N. The van der Waals surface area contributed by atoms with Crippen LogP contribution in [-0.2, 0) is 6.42 Å². The van der Waals surface area contributed by atoms with Gasteiger partial charge in [0.25, 0.3) is 0 Å². The van der Waals surface area contributed by atoms with Crippen molar-refractivity contribution in [3.05, 3.63) is 35.9 Å². The van der Waals surface area contributed by atoms with E-state index in [1.54, 1.807) is 0 Å². The van der Waals surface area contributed by atoms with Gasteiger partial charge in [-0.25, -0.2) is 0 Å². The Bertz CT molecular complexity index is 305. The quantitative estimate of drug-likeness (QED) is 0.713. The summed E-state index contributed by atoms with van der Waals surface area (Å²) < 4.78 is 0. The third-order valence-electron chi connectivity index (χ3n) is 2.10. The van der Waals surface area contributed by atoms with E-state index >= 15 is 0 Å². The van der Waals surface area contributed by atoms with Crippen molar-refractivity contribution < 1.29 is 0 Å². The third-order valence-corrected chi connectivity index (χ3v) is 2.10. The molecule has 1 heteroatoms. The van der Waals surface area contributed by atoms with E-state index in [-0.39, 0.29) is 0 Å². The largest absolute Gasteiger partial charge is 0.303 e. The highest BCUT2D eigenvalue weighted by atomic mass is 14.9. The second kappa shape index (κ2) is 6.23. The fourth-order valence-electron chi connectivity index (χ4n) is 1.35. The molecule has 0 saturated carbocycles. The fraction of sp³-hybridized carbons (Fsp3) is 0.385. The molecule has 1 unspecified atom stereocenters. The van der Waals surface area contributed by atoms with E-state index < -0.39 is 0 Å². The molecule has 0 spiro atoms. The zero-order chi connectivity index (χ0) is 10.2. The molecule has 0 saturated heterocycles. The Morgan fingerprint density at radius 3 is 2.64 bits per heavy atom. The van der Waals surface area contributed by atoms with Gasteiger partial charge in [-0.05, 0) is 25.8 Å². The SMILES string of the molecule is CC#CCNC(C)Cc1ccccc1. The molecule has 0 aliphatic heterocycles. The lowest BCUT2D eigenvalue weighted by Gasteiger charge is -2.11. The zero-order valence-electron chi connectivity index (χ0n) is 8.88. The molecule has 0 heterocycles. The summed E-state index contributed by atoms with van der Waals surface area (Å²) in [4.78, 5) is 0. The van der Waals surface area contributed by atoms with Gasteiger partial charge < -0.3 is 5.32 Å². The number of benzene rings is 1. The number of hydrogen-bond acceptors (Lipinski definition) is 1. The molecule has 1 rings (SSSR count). The van der Waals surface area contributed by atoms with E-state index in [0.717, 1.165) is 13.0 Å². The summed E-state index contributed by atoms with van der Waals surface area (Å²) in [5.74, 6) is 5.88. The smallest absolute Gasteiger partial charge is 0.0578 e. The van der Waals surface area contributed by atoms with Crippen LogP contribution in [0.25, 0.3) is 0 Å². The molecule has 0 bridgehead atoms. The lowest BCUT2D eigenvalue weighted by atomic mass is 10.1. The van der Waals surface area contributed by atoms with Gasteiger partial charge in [0.2, 0.25) is 0 Å². The standard InChI is InChI=1S/C13H17N/c1-3-4-10-14-12(2)11-13-8-6-5-7-9-13/h5-9,12,14H,10-11H2,1-2H3. The third kappa shape index (κ3) is 4.11. The van der Waals surface area contributed by atoms with E-state index in [9.17, 15) is 0 Å². The minimum atomic E-state index is 0.484. The first-order valence-electron chi connectivity index (χ1n) is 5.00. The van der Waals surface area contributed by atoms with Crippen LogP contribution in [-0.4, -0.2) is 12.6 Å². The van der Waals surface area contributed by atoms with Crippen molar-refractivity contribution in [2.45, 2.75) is 26.3 Å². The normalized spacial score (nSPS) is 11.6. The van der Waals surface area contributed by atoms with Crippen LogP contribution >= 0.6 is 0 Å². The van der Waals surface area contributed by atoms with Gasteiger partial charge in [-0.1, -0.05) is 36.3 Å². The van der Waals surface area contributed by atoms with E-state index in [1.807, 2.05) is 13.0 Å². The summed E-state index contributed by atoms with van der Waals surface area (Å²) in [6, 6.07) is 11.0. The van der Waals surface area contributed by atoms with Crippen LogP contribution in [0.5, 0.6) is 0 Å².